The van der Waals surface area contributed by atoms with Gasteiger partial charge in [-0.15, -0.1) is 10.2 Å². The predicted octanol–water partition coefficient (Wildman–Crippen LogP) is 2.43. The molecule has 1 amide bonds. The molecule has 0 fully saturated rings. The Kier molecular flexibility index (Phi) is 3.97. The van der Waals surface area contributed by atoms with Crippen LogP contribution < -0.4 is 0 Å². The van der Waals surface area contributed by atoms with E-state index in [9.17, 15) is 4.79 Å². The van der Waals surface area contributed by atoms with Gasteiger partial charge in [-0.2, -0.15) is 5.10 Å². The van der Waals surface area contributed by atoms with Crippen LogP contribution >= 0.6 is 0 Å². The van der Waals surface area contributed by atoms with E-state index in [0.29, 0.717) is 35.7 Å². The molecule has 5 heterocycles. The van der Waals surface area contributed by atoms with Crippen LogP contribution in [0.1, 0.15) is 39.6 Å². The van der Waals surface area contributed by atoms with Crippen molar-refractivity contribution in [1.82, 2.24) is 39.8 Å². The number of nitrogens with one attached hydrogen (secondary N) is 1. The molecule has 0 saturated heterocycles. The van der Waals surface area contributed by atoms with E-state index in [1.165, 1.54) is 0 Å². The summed E-state index contributed by atoms with van der Waals surface area (Å²) in [5, 5.41) is 12.1. The first-order valence-corrected chi connectivity index (χ1v) is 10.1. The lowest BCUT2D eigenvalue weighted by molar-refractivity contribution is 0.0627. The van der Waals surface area contributed by atoms with Crippen molar-refractivity contribution >= 4 is 17.0 Å². The molecule has 5 aromatic rings. The molecule has 1 atom stereocenters. The summed E-state index contributed by atoms with van der Waals surface area (Å²) in [5.41, 5.74) is 4.66. The lowest BCUT2D eigenvalue weighted by Crippen LogP contribution is -2.41. The first-order chi connectivity index (χ1) is 15.6. The average Bonchev–Trinajstić information content (AvgIpc) is 3.57. The number of aromatic nitrogens is 7. The summed E-state index contributed by atoms with van der Waals surface area (Å²) in [5.74, 6) is 0.0982. The Morgan fingerprint density at radius 3 is 2.97 bits per heavy atom. The fraction of sp³-hybridized carbons (Fsp3) is 0.238. The van der Waals surface area contributed by atoms with Crippen LogP contribution in [0, 0.1) is 6.92 Å². The van der Waals surface area contributed by atoms with Gasteiger partial charge in [0.1, 0.15) is 5.52 Å². The zero-order chi connectivity index (χ0) is 21.8. The number of carbonyl (C=O) groups is 1. The van der Waals surface area contributed by atoms with Gasteiger partial charge in [0.15, 0.2) is 11.6 Å². The zero-order valence-electron chi connectivity index (χ0n) is 17.3. The maximum atomic E-state index is 13.4. The molecule has 0 aliphatic carbocycles. The van der Waals surface area contributed by atoms with Gasteiger partial charge in [0.25, 0.3) is 5.89 Å². The van der Waals surface area contributed by atoms with Crippen LogP contribution in [0.15, 0.2) is 45.8 Å². The second kappa shape index (κ2) is 6.87. The maximum Gasteiger partial charge on any atom is 0.312 e. The number of carbonyl (C=O) groups excluding carboxylic acids is 1. The van der Waals surface area contributed by atoms with E-state index in [1.54, 1.807) is 35.4 Å². The van der Waals surface area contributed by atoms with E-state index in [0.717, 1.165) is 16.8 Å². The Morgan fingerprint density at radius 1 is 1.25 bits per heavy atom. The first kappa shape index (κ1) is 18.5. The van der Waals surface area contributed by atoms with Crippen molar-refractivity contribution in [2.45, 2.75) is 19.4 Å². The van der Waals surface area contributed by atoms with E-state index in [2.05, 4.69) is 30.2 Å². The summed E-state index contributed by atoms with van der Waals surface area (Å²) < 4.78 is 13.4. The highest BCUT2D eigenvalue weighted by atomic mass is 16.4. The number of para-hydroxylation sites is 1. The Labute approximate surface area is 181 Å². The summed E-state index contributed by atoms with van der Waals surface area (Å²) in [6.45, 7) is 2.38. The third kappa shape index (κ3) is 2.82. The molecule has 6 rings (SSSR count). The lowest BCUT2D eigenvalue weighted by Gasteiger charge is -2.31. The standard InChI is InChI=1S/C21H18N8O3/c1-11-4-3-5-14-17(11)31-19(25-14)16-15-13(22-10-23-15)6-7-29(16)21(30)20-27-26-18(32-20)12-8-24-28(2)9-12/h3-5,8-10,16H,6-7H2,1-2H3,(H,22,23)/t16-/m0/s1. The second-order valence-corrected chi connectivity index (χ2v) is 7.71. The smallest absolute Gasteiger partial charge is 0.312 e. The van der Waals surface area contributed by atoms with Gasteiger partial charge in [-0.1, -0.05) is 12.1 Å². The Bertz CT molecular complexity index is 1460. The highest BCUT2D eigenvalue weighted by molar-refractivity contribution is 5.90. The van der Waals surface area contributed by atoms with E-state index >= 15 is 0 Å². The van der Waals surface area contributed by atoms with E-state index in [-0.39, 0.29) is 11.8 Å². The molecular weight excluding hydrogens is 412 g/mol. The number of amides is 1. The highest BCUT2D eigenvalue weighted by Gasteiger charge is 2.39. The molecule has 0 spiro atoms. The molecule has 0 saturated carbocycles. The highest BCUT2D eigenvalue weighted by Crippen LogP contribution is 2.36. The van der Waals surface area contributed by atoms with Crippen molar-refractivity contribution in [1.29, 1.82) is 0 Å². The van der Waals surface area contributed by atoms with Crippen molar-refractivity contribution in [2.24, 2.45) is 7.05 Å². The maximum absolute atomic E-state index is 13.4. The minimum Gasteiger partial charge on any atom is -0.438 e. The fourth-order valence-electron chi connectivity index (χ4n) is 4.05. The minimum absolute atomic E-state index is 0.111. The van der Waals surface area contributed by atoms with Crippen LogP contribution in [0.2, 0.25) is 0 Å². The number of hydrogen-bond acceptors (Lipinski definition) is 8. The summed E-state index contributed by atoms with van der Waals surface area (Å²) in [6, 6.07) is 5.15. The molecule has 0 bridgehead atoms. The Morgan fingerprint density at radius 2 is 2.16 bits per heavy atom. The van der Waals surface area contributed by atoms with E-state index in [4.69, 9.17) is 8.83 Å². The number of fused-ring (bicyclic) bond motifs is 2. The molecule has 11 heteroatoms. The van der Waals surface area contributed by atoms with Crippen LogP contribution in [0.3, 0.4) is 0 Å². The largest absolute Gasteiger partial charge is 0.438 e. The molecule has 1 N–H and O–H groups in total. The van der Waals surface area contributed by atoms with Gasteiger partial charge in [0.05, 0.1) is 23.8 Å². The summed E-state index contributed by atoms with van der Waals surface area (Å²) in [6.07, 6.45) is 5.57. The van der Waals surface area contributed by atoms with E-state index < -0.39 is 11.9 Å². The van der Waals surface area contributed by atoms with Crippen molar-refractivity contribution in [3.05, 3.63) is 65.7 Å². The van der Waals surface area contributed by atoms with Gasteiger partial charge in [-0.25, -0.2) is 9.97 Å². The van der Waals surface area contributed by atoms with Crippen molar-refractivity contribution < 1.29 is 13.6 Å². The summed E-state index contributed by atoms with van der Waals surface area (Å²) >= 11 is 0. The molecule has 11 nitrogen and oxygen atoms in total. The van der Waals surface area contributed by atoms with Crippen LogP contribution in [0.25, 0.3) is 22.6 Å². The van der Waals surface area contributed by atoms with Gasteiger partial charge >= 0.3 is 11.8 Å². The number of H-pyrrole nitrogens is 1. The monoisotopic (exact) mass is 430 g/mol. The molecule has 1 aromatic carbocycles. The molecule has 32 heavy (non-hydrogen) atoms. The average molecular weight is 430 g/mol. The number of aryl methyl sites for hydroxylation is 2. The Balaban J connectivity index is 1.41. The molecule has 4 aromatic heterocycles. The topological polar surface area (TPSA) is 132 Å². The van der Waals surface area contributed by atoms with Gasteiger partial charge in [0, 0.05) is 31.9 Å². The van der Waals surface area contributed by atoms with Crippen molar-refractivity contribution in [3.63, 3.8) is 0 Å². The summed E-state index contributed by atoms with van der Waals surface area (Å²) in [7, 11) is 1.79. The predicted molar refractivity (Wildman–Crippen MR) is 110 cm³/mol. The van der Waals surface area contributed by atoms with Crippen molar-refractivity contribution in [2.75, 3.05) is 6.54 Å². The van der Waals surface area contributed by atoms with E-state index in [1.807, 2.05) is 25.1 Å². The molecule has 1 aliphatic rings. The third-order valence-electron chi connectivity index (χ3n) is 5.61. The molecule has 0 unspecified atom stereocenters. The number of oxazole rings is 1. The number of aromatic amines is 1. The van der Waals surface area contributed by atoms with Crippen LogP contribution in [-0.4, -0.2) is 52.3 Å². The van der Waals surface area contributed by atoms with Gasteiger partial charge in [-0.05, 0) is 18.6 Å². The second-order valence-electron chi connectivity index (χ2n) is 7.71. The summed E-state index contributed by atoms with van der Waals surface area (Å²) in [4.78, 5) is 27.3. The van der Waals surface area contributed by atoms with Gasteiger partial charge in [-0.3, -0.25) is 9.48 Å². The first-order valence-electron chi connectivity index (χ1n) is 10.1. The van der Waals surface area contributed by atoms with Gasteiger partial charge in [0.2, 0.25) is 5.89 Å². The molecule has 0 radical (unpaired) electrons. The number of imidazole rings is 1. The fourth-order valence-corrected chi connectivity index (χ4v) is 4.05. The van der Waals surface area contributed by atoms with Crippen LogP contribution in [0.4, 0.5) is 0 Å². The number of rotatable bonds is 3. The molecule has 160 valence electrons. The van der Waals surface area contributed by atoms with Crippen LogP contribution in [-0.2, 0) is 13.5 Å². The van der Waals surface area contributed by atoms with Crippen molar-refractivity contribution in [3.8, 4) is 11.5 Å². The third-order valence-corrected chi connectivity index (χ3v) is 5.61. The van der Waals surface area contributed by atoms with Crippen LogP contribution in [0.5, 0.6) is 0 Å². The SMILES string of the molecule is Cc1cccc2nc([C@@H]3c4nc[nH]c4CCN3C(=O)c3nnc(-c4cnn(C)c4)o3)oc12. The number of hydrogen-bond donors (Lipinski definition) is 1. The zero-order valence-corrected chi connectivity index (χ0v) is 17.3. The quantitative estimate of drug-likeness (QED) is 0.462. The normalized spacial score (nSPS) is 15.9. The molecule has 1 aliphatic heterocycles. The number of benzene rings is 1. The van der Waals surface area contributed by atoms with Gasteiger partial charge < -0.3 is 18.7 Å². The molecular formula is C21H18N8O3. The Hall–Kier alpha value is -4.28. The number of nitrogens with zero attached hydrogens (tertiary/aromatic N) is 7. The lowest BCUT2D eigenvalue weighted by atomic mass is 10.0. The minimum atomic E-state index is -0.613.